The van der Waals surface area contributed by atoms with Gasteiger partial charge in [-0.25, -0.2) is 0 Å². The zero-order chi connectivity index (χ0) is 20.3. The third-order valence-electron chi connectivity index (χ3n) is 4.03. The second kappa shape index (κ2) is 7.75. The fraction of sp³-hybridized carbons (Fsp3) is 0.0476. The number of nitrogens with one attached hydrogen (secondary N) is 1. The van der Waals surface area contributed by atoms with E-state index >= 15 is 0 Å². The predicted octanol–water partition coefficient (Wildman–Crippen LogP) is 6.06. The summed E-state index contributed by atoms with van der Waals surface area (Å²) in [5.74, 6) is -0.850. The Bertz CT molecular complexity index is 1130. The third kappa shape index (κ3) is 4.16. The number of anilines is 1. The Labute approximate surface area is 163 Å². The molecule has 7 heteroatoms. The van der Waals surface area contributed by atoms with E-state index in [4.69, 9.17) is 11.6 Å². The van der Waals surface area contributed by atoms with Crippen molar-refractivity contribution >= 4 is 40.0 Å². The molecule has 0 atom stereocenters. The first-order chi connectivity index (χ1) is 13.3. The highest BCUT2D eigenvalue weighted by Gasteiger charge is 2.31. The molecule has 3 nitrogen and oxygen atoms in total. The van der Waals surface area contributed by atoms with E-state index in [-0.39, 0.29) is 16.3 Å². The van der Waals surface area contributed by atoms with Crippen molar-refractivity contribution in [3.63, 3.8) is 0 Å². The summed E-state index contributed by atoms with van der Waals surface area (Å²) in [6.07, 6.45) is -3.19. The van der Waals surface area contributed by atoms with Gasteiger partial charge in [-0.15, -0.1) is 0 Å². The molecule has 0 heterocycles. The van der Waals surface area contributed by atoms with Gasteiger partial charge in [0.05, 0.1) is 16.3 Å². The first-order valence-corrected chi connectivity index (χ1v) is 8.45. The first kappa shape index (κ1) is 19.5. The molecule has 0 radical (unpaired) electrons. The number of alkyl halides is 3. The van der Waals surface area contributed by atoms with Crippen molar-refractivity contribution in [2.75, 3.05) is 5.32 Å². The van der Waals surface area contributed by atoms with Gasteiger partial charge in [-0.2, -0.15) is 18.4 Å². The molecule has 140 valence electrons. The molecular formula is C21H12ClF3N2O. The third-order valence-corrected chi connectivity index (χ3v) is 4.36. The summed E-state index contributed by atoms with van der Waals surface area (Å²) in [5, 5.41) is 13.3. The Morgan fingerprint density at radius 1 is 1.07 bits per heavy atom. The van der Waals surface area contributed by atoms with Gasteiger partial charge in [0.15, 0.2) is 0 Å². The summed E-state index contributed by atoms with van der Waals surface area (Å²) in [5.41, 5.74) is -0.797. The molecule has 3 aromatic rings. The van der Waals surface area contributed by atoms with Gasteiger partial charge in [-0.05, 0) is 40.6 Å². The van der Waals surface area contributed by atoms with Crippen molar-refractivity contribution in [3.8, 4) is 6.07 Å². The van der Waals surface area contributed by atoms with E-state index < -0.39 is 17.6 Å². The van der Waals surface area contributed by atoms with Gasteiger partial charge in [0.2, 0.25) is 0 Å². The SMILES string of the molecule is N#CC(=Cc1cccc2ccccc12)C(=O)Nc1cc(C(F)(F)F)ccc1Cl. The lowest BCUT2D eigenvalue weighted by atomic mass is 10.0. The molecule has 0 fully saturated rings. The van der Waals surface area contributed by atoms with Crippen LogP contribution in [-0.2, 0) is 11.0 Å². The van der Waals surface area contributed by atoms with E-state index in [9.17, 15) is 23.2 Å². The lowest BCUT2D eigenvalue weighted by molar-refractivity contribution is -0.137. The molecule has 3 rings (SSSR count). The number of amides is 1. The average molecular weight is 401 g/mol. The van der Waals surface area contributed by atoms with Gasteiger partial charge in [0.25, 0.3) is 5.91 Å². The van der Waals surface area contributed by atoms with Crippen LogP contribution in [-0.4, -0.2) is 5.91 Å². The fourth-order valence-electron chi connectivity index (χ4n) is 2.67. The van der Waals surface area contributed by atoms with Gasteiger partial charge in [-0.3, -0.25) is 4.79 Å². The van der Waals surface area contributed by atoms with E-state index in [0.717, 1.165) is 29.0 Å². The molecule has 0 unspecified atom stereocenters. The Hall–Kier alpha value is -3.30. The van der Waals surface area contributed by atoms with Crippen LogP contribution in [0.4, 0.5) is 18.9 Å². The van der Waals surface area contributed by atoms with Gasteiger partial charge in [0.1, 0.15) is 11.6 Å². The zero-order valence-electron chi connectivity index (χ0n) is 14.2. The topological polar surface area (TPSA) is 52.9 Å². The highest BCUT2D eigenvalue weighted by atomic mass is 35.5. The number of fused-ring (bicyclic) bond motifs is 1. The molecule has 1 N–H and O–H groups in total. The molecule has 0 spiro atoms. The zero-order valence-corrected chi connectivity index (χ0v) is 15.0. The van der Waals surface area contributed by atoms with E-state index in [1.54, 1.807) is 18.2 Å². The fourth-order valence-corrected chi connectivity index (χ4v) is 2.83. The van der Waals surface area contributed by atoms with Crippen LogP contribution < -0.4 is 5.32 Å². The monoisotopic (exact) mass is 400 g/mol. The minimum absolute atomic E-state index is 0.0659. The minimum atomic E-state index is -4.58. The van der Waals surface area contributed by atoms with Crippen molar-refractivity contribution in [1.29, 1.82) is 5.26 Å². The normalized spacial score (nSPS) is 11.9. The summed E-state index contributed by atoms with van der Waals surface area (Å²) >= 11 is 5.89. The van der Waals surface area contributed by atoms with Crippen LogP contribution in [0.25, 0.3) is 16.8 Å². The maximum absolute atomic E-state index is 12.9. The molecule has 28 heavy (non-hydrogen) atoms. The summed E-state index contributed by atoms with van der Waals surface area (Å²) in [7, 11) is 0. The molecule has 0 aromatic heterocycles. The van der Waals surface area contributed by atoms with Crippen molar-refractivity contribution in [2.24, 2.45) is 0 Å². The van der Waals surface area contributed by atoms with Crippen LogP contribution in [0.1, 0.15) is 11.1 Å². The van der Waals surface area contributed by atoms with Crippen molar-refractivity contribution < 1.29 is 18.0 Å². The number of rotatable bonds is 3. The molecular weight excluding hydrogens is 389 g/mol. The lowest BCUT2D eigenvalue weighted by Crippen LogP contribution is -2.15. The van der Waals surface area contributed by atoms with Crippen molar-refractivity contribution in [2.45, 2.75) is 6.18 Å². The average Bonchev–Trinajstić information content (AvgIpc) is 2.66. The largest absolute Gasteiger partial charge is 0.416 e. The number of hydrogen-bond acceptors (Lipinski definition) is 2. The summed E-state index contributed by atoms with van der Waals surface area (Å²) in [4.78, 5) is 12.5. The van der Waals surface area contributed by atoms with Crippen LogP contribution in [0.5, 0.6) is 0 Å². The Kier molecular flexibility index (Phi) is 5.39. The van der Waals surface area contributed by atoms with E-state index in [0.29, 0.717) is 5.56 Å². The Morgan fingerprint density at radius 3 is 2.50 bits per heavy atom. The molecule has 3 aromatic carbocycles. The first-order valence-electron chi connectivity index (χ1n) is 8.07. The smallest absolute Gasteiger partial charge is 0.320 e. The number of hydrogen-bond donors (Lipinski definition) is 1. The van der Waals surface area contributed by atoms with Crippen LogP contribution in [0.2, 0.25) is 5.02 Å². The number of carbonyl (C=O) groups is 1. The minimum Gasteiger partial charge on any atom is -0.320 e. The number of nitrogens with zero attached hydrogens (tertiary/aromatic N) is 1. The van der Waals surface area contributed by atoms with Gasteiger partial charge in [0, 0.05) is 0 Å². The number of halogens is 4. The van der Waals surface area contributed by atoms with Gasteiger partial charge < -0.3 is 5.32 Å². The van der Waals surface area contributed by atoms with E-state index in [1.165, 1.54) is 6.08 Å². The molecule has 0 saturated heterocycles. The van der Waals surface area contributed by atoms with E-state index in [1.807, 2.05) is 30.3 Å². The molecule has 0 bridgehead atoms. The highest BCUT2D eigenvalue weighted by molar-refractivity contribution is 6.34. The van der Waals surface area contributed by atoms with E-state index in [2.05, 4.69) is 5.32 Å². The standard InChI is InChI=1S/C21H12ClF3N2O/c22-18-9-8-16(21(23,24)25)11-19(18)27-20(28)15(12-26)10-14-6-3-5-13-4-1-2-7-17(13)14/h1-11H,(H,27,28). The van der Waals surface area contributed by atoms with Crippen LogP contribution in [0.15, 0.2) is 66.2 Å². The maximum atomic E-state index is 12.9. The highest BCUT2D eigenvalue weighted by Crippen LogP contribution is 2.34. The Balaban J connectivity index is 1.95. The lowest BCUT2D eigenvalue weighted by Gasteiger charge is -2.11. The molecule has 0 aliphatic carbocycles. The van der Waals surface area contributed by atoms with Crippen LogP contribution in [0, 0.1) is 11.3 Å². The van der Waals surface area contributed by atoms with Gasteiger partial charge >= 0.3 is 6.18 Å². The second-order valence-electron chi connectivity index (χ2n) is 5.88. The molecule has 0 aliphatic heterocycles. The number of benzene rings is 3. The molecule has 0 saturated carbocycles. The van der Waals surface area contributed by atoms with Crippen molar-refractivity contribution in [3.05, 3.63) is 82.4 Å². The quantitative estimate of drug-likeness (QED) is 0.429. The molecule has 1 amide bonds. The molecule has 0 aliphatic rings. The second-order valence-corrected chi connectivity index (χ2v) is 6.29. The summed E-state index contributed by atoms with van der Waals surface area (Å²) in [6.45, 7) is 0. The predicted molar refractivity (Wildman–Crippen MR) is 103 cm³/mol. The van der Waals surface area contributed by atoms with Crippen LogP contribution in [0.3, 0.4) is 0 Å². The van der Waals surface area contributed by atoms with Gasteiger partial charge in [-0.1, -0.05) is 54.1 Å². The number of carbonyl (C=O) groups excluding carboxylic acids is 1. The summed E-state index contributed by atoms with van der Waals surface area (Å²) < 4.78 is 38.6. The number of nitriles is 1. The maximum Gasteiger partial charge on any atom is 0.416 e. The van der Waals surface area contributed by atoms with Crippen molar-refractivity contribution in [1.82, 2.24) is 0 Å². The Morgan fingerprint density at radius 2 is 1.79 bits per heavy atom. The van der Waals surface area contributed by atoms with Crippen LogP contribution >= 0.6 is 11.6 Å². The summed E-state index contributed by atoms with van der Waals surface area (Å²) in [6, 6.07) is 17.2.